The number of amidine groups is 1. The van der Waals surface area contributed by atoms with E-state index in [1.807, 2.05) is 5.48 Å². The molecule has 1 atom stereocenters. The number of hydrogen-bond acceptors (Lipinski definition) is 7. The van der Waals surface area contributed by atoms with E-state index in [0.29, 0.717) is 30.8 Å². The highest BCUT2D eigenvalue weighted by molar-refractivity contribution is 7.90. The summed E-state index contributed by atoms with van der Waals surface area (Å²) in [5.41, 5.74) is 2.79. The minimum Gasteiger partial charge on any atom is -0.290 e. The minimum absolute atomic E-state index is 0.0465. The van der Waals surface area contributed by atoms with E-state index in [1.54, 1.807) is 6.92 Å². The third-order valence-electron chi connectivity index (χ3n) is 3.36. The second-order valence-electron chi connectivity index (χ2n) is 5.19. The largest absolute Gasteiger partial charge is 0.290 e. The van der Waals surface area contributed by atoms with Crippen molar-refractivity contribution in [1.29, 1.82) is 4.78 Å². The van der Waals surface area contributed by atoms with Crippen LogP contribution in [-0.2, 0) is 16.3 Å². The Balaban J connectivity index is 2.11. The molecular weight excluding hydrogens is 387 g/mol. The smallest absolute Gasteiger partial charge is 0.181 e. The van der Waals surface area contributed by atoms with Crippen LogP contribution in [0.25, 0.3) is 0 Å². The number of aryl methyl sites for hydroxylation is 1. The van der Waals surface area contributed by atoms with Gasteiger partial charge in [0.15, 0.2) is 11.5 Å². The molecular formula is C14H18ClFN6O3S. The average Bonchev–Trinajstić information content (AvgIpc) is 3.08. The van der Waals surface area contributed by atoms with Gasteiger partial charge in [0.1, 0.15) is 21.4 Å². The molecule has 0 bridgehead atoms. The zero-order chi connectivity index (χ0) is 19.2. The standard InChI is InChI=1S/C14H18ClFN6O3S/c1-2-26(17,24)18-7-3-4-12-13(22-25-21-12)14(20-23)19-9-5-6-11(16)10(15)8-9/h5-6,8,23H,2-4,7H2,1H3,(H,19,20)(H2,17,18,24). The van der Waals surface area contributed by atoms with Crippen LogP contribution < -0.4 is 10.2 Å². The van der Waals surface area contributed by atoms with Crippen molar-refractivity contribution in [2.24, 2.45) is 4.99 Å². The van der Waals surface area contributed by atoms with E-state index in [-0.39, 0.29) is 22.3 Å². The molecule has 1 aromatic heterocycles. The predicted molar refractivity (Wildman–Crippen MR) is 94.6 cm³/mol. The number of hydrogen-bond donors (Lipinski definition) is 4. The Kier molecular flexibility index (Phi) is 7.03. The van der Waals surface area contributed by atoms with E-state index in [1.165, 1.54) is 12.1 Å². The molecule has 4 N–H and O–H groups in total. The van der Waals surface area contributed by atoms with Crippen LogP contribution >= 0.6 is 11.6 Å². The third-order valence-corrected chi connectivity index (χ3v) is 5.14. The van der Waals surface area contributed by atoms with E-state index in [9.17, 15) is 13.8 Å². The number of nitrogens with one attached hydrogen (secondary N) is 3. The zero-order valence-electron chi connectivity index (χ0n) is 13.8. The molecule has 26 heavy (non-hydrogen) atoms. The SMILES string of the molecule is CCS(=N)(=O)NCCCc1nonc1C(=Nc1ccc(F)c(Cl)c1)NO. The number of nitrogens with zero attached hydrogens (tertiary/aromatic N) is 3. The molecule has 9 nitrogen and oxygen atoms in total. The van der Waals surface area contributed by atoms with Gasteiger partial charge in [-0.15, -0.1) is 0 Å². The van der Waals surface area contributed by atoms with Crippen molar-refractivity contribution in [3.63, 3.8) is 0 Å². The molecule has 2 rings (SSSR count). The number of rotatable bonds is 8. The number of aliphatic imine (C=N–C) groups is 1. The first-order valence-electron chi connectivity index (χ1n) is 7.63. The van der Waals surface area contributed by atoms with E-state index in [4.69, 9.17) is 21.0 Å². The molecule has 12 heteroatoms. The second-order valence-corrected chi connectivity index (χ2v) is 7.82. The maximum Gasteiger partial charge on any atom is 0.181 e. The molecule has 0 aliphatic rings. The summed E-state index contributed by atoms with van der Waals surface area (Å²) in [5, 5.41) is 16.7. The molecule has 0 saturated carbocycles. The third kappa shape index (κ3) is 5.46. The van der Waals surface area contributed by atoms with Crippen LogP contribution in [-0.4, -0.2) is 37.9 Å². The van der Waals surface area contributed by atoms with Crippen LogP contribution in [0.1, 0.15) is 24.7 Å². The highest BCUT2D eigenvalue weighted by Crippen LogP contribution is 2.22. The van der Waals surface area contributed by atoms with Gasteiger partial charge >= 0.3 is 0 Å². The van der Waals surface area contributed by atoms with E-state index >= 15 is 0 Å². The van der Waals surface area contributed by atoms with Crippen molar-refractivity contribution in [3.8, 4) is 0 Å². The van der Waals surface area contributed by atoms with E-state index in [2.05, 4.69) is 20.0 Å². The molecule has 1 heterocycles. The van der Waals surface area contributed by atoms with E-state index < -0.39 is 15.7 Å². The lowest BCUT2D eigenvalue weighted by molar-refractivity contribution is 0.234. The Morgan fingerprint density at radius 1 is 1.50 bits per heavy atom. The number of benzene rings is 1. The van der Waals surface area contributed by atoms with Gasteiger partial charge in [0.2, 0.25) is 0 Å². The van der Waals surface area contributed by atoms with Gasteiger partial charge < -0.3 is 0 Å². The molecule has 1 unspecified atom stereocenters. The monoisotopic (exact) mass is 404 g/mol. The number of hydroxylamine groups is 1. The highest BCUT2D eigenvalue weighted by atomic mass is 35.5. The van der Waals surface area contributed by atoms with Crippen molar-refractivity contribution in [1.82, 2.24) is 20.5 Å². The molecule has 0 spiro atoms. The highest BCUT2D eigenvalue weighted by Gasteiger charge is 2.16. The first-order valence-corrected chi connectivity index (χ1v) is 9.73. The summed E-state index contributed by atoms with van der Waals surface area (Å²) in [5.74, 6) is -0.414. The average molecular weight is 405 g/mol. The predicted octanol–water partition coefficient (Wildman–Crippen LogP) is 2.42. The van der Waals surface area contributed by atoms with Gasteiger partial charge in [-0.1, -0.05) is 23.7 Å². The fraction of sp³-hybridized carbons (Fsp3) is 0.357. The summed E-state index contributed by atoms with van der Waals surface area (Å²) < 4.78 is 39.7. The van der Waals surface area contributed by atoms with Crippen molar-refractivity contribution in [2.75, 3.05) is 12.3 Å². The first kappa shape index (κ1) is 20.2. The lowest BCUT2D eigenvalue weighted by atomic mass is 10.2. The fourth-order valence-electron chi connectivity index (χ4n) is 1.96. The molecule has 0 saturated heterocycles. The lowest BCUT2D eigenvalue weighted by Crippen LogP contribution is -2.26. The molecule has 142 valence electrons. The topological polar surface area (TPSA) is 136 Å². The Bertz CT molecular complexity index is 887. The van der Waals surface area contributed by atoms with Crippen molar-refractivity contribution in [3.05, 3.63) is 40.4 Å². The summed E-state index contributed by atoms with van der Waals surface area (Å²) in [4.78, 5) is 4.11. The van der Waals surface area contributed by atoms with Gasteiger partial charge in [0.05, 0.1) is 10.7 Å². The molecule has 0 amide bonds. The quantitative estimate of drug-likeness (QED) is 0.231. The first-order chi connectivity index (χ1) is 12.4. The summed E-state index contributed by atoms with van der Waals surface area (Å²) in [6.07, 6.45) is 0.897. The van der Waals surface area contributed by atoms with E-state index in [0.717, 1.165) is 6.07 Å². The summed E-state index contributed by atoms with van der Waals surface area (Å²) in [6, 6.07) is 3.82. The fourth-order valence-corrected chi connectivity index (χ4v) is 2.81. The maximum atomic E-state index is 13.2. The Morgan fingerprint density at radius 3 is 2.92 bits per heavy atom. The van der Waals surface area contributed by atoms with Crippen LogP contribution in [0.15, 0.2) is 27.8 Å². The lowest BCUT2D eigenvalue weighted by Gasteiger charge is -2.06. The van der Waals surface area contributed by atoms with Crippen LogP contribution in [0, 0.1) is 10.6 Å². The van der Waals surface area contributed by atoms with Crippen LogP contribution in [0.2, 0.25) is 5.02 Å². The Morgan fingerprint density at radius 2 is 2.27 bits per heavy atom. The molecule has 0 fully saturated rings. The second kappa shape index (κ2) is 9.03. The van der Waals surface area contributed by atoms with Gasteiger partial charge in [-0.25, -0.2) is 27.7 Å². The summed E-state index contributed by atoms with van der Waals surface area (Å²) >= 11 is 5.71. The Hall–Kier alpha value is -2.08. The summed E-state index contributed by atoms with van der Waals surface area (Å²) in [7, 11) is -2.77. The van der Waals surface area contributed by atoms with Crippen LogP contribution in [0.5, 0.6) is 0 Å². The molecule has 0 aliphatic carbocycles. The van der Waals surface area contributed by atoms with Crippen molar-refractivity contribution >= 4 is 33.0 Å². The molecule has 0 aliphatic heterocycles. The Labute approximate surface area is 154 Å². The van der Waals surface area contributed by atoms with Crippen molar-refractivity contribution < 1.29 is 18.4 Å². The van der Waals surface area contributed by atoms with Gasteiger partial charge in [-0.2, -0.15) is 0 Å². The van der Waals surface area contributed by atoms with Crippen molar-refractivity contribution in [2.45, 2.75) is 19.8 Å². The van der Waals surface area contributed by atoms with Gasteiger partial charge in [-0.05, 0) is 36.2 Å². The molecule has 2 aromatic rings. The molecule has 1 aromatic carbocycles. The maximum absolute atomic E-state index is 13.2. The van der Waals surface area contributed by atoms with Crippen LogP contribution in [0.3, 0.4) is 0 Å². The molecule has 0 radical (unpaired) electrons. The van der Waals surface area contributed by atoms with Gasteiger partial charge in [-0.3, -0.25) is 10.7 Å². The zero-order valence-corrected chi connectivity index (χ0v) is 15.4. The van der Waals surface area contributed by atoms with Crippen LogP contribution in [0.4, 0.5) is 10.1 Å². The van der Waals surface area contributed by atoms with Gasteiger partial charge in [0, 0.05) is 12.3 Å². The minimum atomic E-state index is -2.77. The normalized spacial score (nSPS) is 14.2. The van der Waals surface area contributed by atoms with Gasteiger partial charge in [0.25, 0.3) is 0 Å². The number of aromatic nitrogens is 2. The number of halogens is 2. The summed E-state index contributed by atoms with van der Waals surface area (Å²) in [6.45, 7) is 2.01.